The largest absolute Gasteiger partial charge is 0.381 e. The topological polar surface area (TPSA) is 29.9 Å². The van der Waals surface area contributed by atoms with Crippen LogP contribution in [0.4, 0.5) is 5.69 Å². The third kappa shape index (κ3) is 3.37. The zero-order chi connectivity index (χ0) is 13.8. The maximum Gasteiger partial charge on any atom is 0.0949 e. The minimum atomic E-state index is 0.595. The van der Waals surface area contributed by atoms with Crippen molar-refractivity contribution >= 4 is 17.4 Å². The lowest BCUT2D eigenvalue weighted by Gasteiger charge is -2.30. The normalized spacial score (nSPS) is 22.6. The number of rotatable bonds is 4. The number of nitrogens with zero attached hydrogens (tertiary/aromatic N) is 2. The van der Waals surface area contributed by atoms with Gasteiger partial charge in [-0.2, -0.15) is 11.8 Å². The molecule has 0 aliphatic carbocycles. The standard InChI is InChI=1S/C16H21N3S/c1-13-16(6-3-9-20-13)18-15-5-2-4-14(10-15)11-19-8-7-17-12-19/h2,4-5,7-8,10,12-13,16,18H,3,6,9,11H2,1H3. The van der Waals surface area contributed by atoms with E-state index in [0.717, 1.165) is 6.54 Å². The smallest absolute Gasteiger partial charge is 0.0949 e. The molecule has 0 spiro atoms. The lowest BCUT2D eigenvalue weighted by atomic mass is 10.1. The van der Waals surface area contributed by atoms with E-state index in [9.17, 15) is 0 Å². The Kier molecular flexibility index (Phi) is 4.31. The molecule has 3 rings (SSSR count). The number of nitrogens with one attached hydrogen (secondary N) is 1. The van der Waals surface area contributed by atoms with Gasteiger partial charge in [-0.15, -0.1) is 0 Å². The average Bonchev–Trinajstić information content (AvgIpc) is 2.95. The van der Waals surface area contributed by atoms with Gasteiger partial charge in [-0.3, -0.25) is 0 Å². The molecule has 1 aromatic heterocycles. The molecule has 1 N–H and O–H groups in total. The first-order valence-electron chi connectivity index (χ1n) is 7.24. The van der Waals surface area contributed by atoms with Gasteiger partial charge in [-0.05, 0) is 36.3 Å². The maximum absolute atomic E-state index is 4.09. The van der Waals surface area contributed by atoms with Gasteiger partial charge < -0.3 is 9.88 Å². The van der Waals surface area contributed by atoms with Crippen molar-refractivity contribution in [1.29, 1.82) is 0 Å². The van der Waals surface area contributed by atoms with Crippen molar-refractivity contribution in [2.24, 2.45) is 0 Å². The zero-order valence-electron chi connectivity index (χ0n) is 11.8. The van der Waals surface area contributed by atoms with E-state index >= 15 is 0 Å². The predicted molar refractivity (Wildman–Crippen MR) is 86.3 cm³/mol. The van der Waals surface area contributed by atoms with Crippen molar-refractivity contribution in [1.82, 2.24) is 9.55 Å². The number of imidazole rings is 1. The van der Waals surface area contributed by atoms with Crippen LogP contribution in [0, 0.1) is 0 Å². The van der Waals surface area contributed by atoms with E-state index in [4.69, 9.17) is 0 Å². The monoisotopic (exact) mass is 287 g/mol. The summed E-state index contributed by atoms with van der Waals surface area (Å²) in [7, 11) is 0. The fourth-order valence-corrected chi connectivity index (χ4v) is 3.82. The quantitative estimate of drug-likeness (QED) is 0.931. The molecule has 2 heterocycles. The van der Waals surface area contributed by atoms with Crippen LogP contribution in [0.2, 0.25) is 0 Å². The minimum absolute atomic E-state index is 0.595. The van der Waals surface area contributed by atoms with Crippen molar-refractivity contribution in [3.63, 3.8) is 0 Å². The van der Waals surface area contributed by atoms with E-state index in [1.54, 1.807) is 0 Å². The van der Waals surface area contributed by atoms with Crippen LogP contribution in [0.5, 0.6) is 0 Å². The van der Waals surface area contributed by atoms with E-state index in [1.807, 2.05) is 18.7 Å². The molecule has 1 aliphatic heterocycles. The van der Waals surface area contributed by atoms with Crippen molar-refractivity contribution in [3.05, 3.63) is 48.5 Å². The molecule has 2 aromatic rings. The Labute approximate surface area is 124 Å². The Morgan fingerprint density at radius 1 is 1.45 bits per heavy atom. The lowest BCUT2D eigenvalue weighted by molar-refractivity contribution is 0.617. The molecule has 0 radical (unpaired) electrons. The van der Waals surface area contributed by atoms with Gasteiger partial charge in [0.05, 0.1) is 6.33 Å². The summed E-state index contributed by atoms with van der Waals surface area (Å²) in [6.45, 7) is 3.21. The molecular formula is C16H21N3S. The lowest BCUT2D eigenvalue weighted by Crippen LogP contribution is -2.32. The van der Waals surface area contributed by atoms with Gasteiger partial charge in [0.25, 0.3) is 0 Å². The first-order valence-corrected chi connectivity index (χ1v) is 8.29. The Hall–Kier alpha value is -1.42. The molecule has 3 nitrogen and oxygen atoms in total. The van der Waals surface area contributed by atoms with Gasteiger partial charge >= 0.3 is 0 Å². The van der Waals surface area contributed by atoms with E-state index in [1.165, 1.54) is 29.8 Å². The van der Waals surface area contributed by atoms with Crippen LogP contribution in [-0.2, 0) is 6.54 Å². The second-order valence-corrected chi connectivity index (χ2v) is 6.89. The van der Waals surface area contributed by atoms with Gasteiger partial charge in [0.1, 0.15) is 0 Å². The molecule has 106 valence electrons. The van der Waals surface area contributed by atoms with Crippen LogP contribution in [0.3, 0.4) is 0 Å². The molecule has 2 unspecified atom stereocenters. The molecular weight excluding hydrogens is 266 g/mol. The summed E-state index contributed by atoms with van der Waals surface area (Å²) in [6.07, 6.45) is 8.28. The van der Waals surface area contributed by atoms with E-state index in [-0.39, 0.29) is 0 Å². The van der Waals surface area contributed by atoms with Crippen LogP contribution in [-0.4, -0.2) is 26.6 Å². The van der Waals surface area contributed by atoms with Crippen LogP contribution in [0.1, 0.15) is 25.3 Å². The summed E-state index contributed by atoms with van der Waals surface area (Å²) in [5, 5.41) is 4.40. The fourth-order valence-electron chi connectivity index (χ4n) is 2.68. The molecule has 1 fully saturated rings. The number of thioether (sulfide) groups is 1. The van der Waals surface area contributed by atoms with Crippen LogP contribution < -0.4 is 5.32 Å². The van der Waals surface area contributed by atoms with Crippen LogP contribution >= 0.6 is 11.8 Å². The molecule has 4 heteroatoms. The van der Waals surface area contributed by atoms with E-state index in [2.05, 4.69) is 57.8 Å². The number of aromatic nitrogens is 2. The molecule has 20 heavy (non-hydrogen) atoms. The fraction of sp³-hybridized carbons (Fsp3) is 0.438. The summed E-state index contributed by atoms with van der Waals surface area (Å²) in [5.74, 6) is 1.31. The third-order valence-electron chi connectivity index (χ3n) is 3.81. The van der Waals surface area contributed by atoms with Crippen molar-refractivity contribution < 1.29 is 0 Å². The summed E-state index contributed by atoms with van der Waals surface area (Å²) in [4.78, 5) is 4.09. The molecule has 2 atom stereocenters. The van der Waals surface area contributed by atoms with Gasteiger partial charge in [0, 0.05) is 35.9 Å². The zero-order valence-corrected chi connectivity index (χ0v) is 12.6. The average molecular weight is 287 g/mol. The van der Waals surface area contributed by atoms with Crippen molar-refractivity contribution in [3.8, 4) is 0 Å². The SMILES string of the molecule is CC1SCCCC1Nc1cccc(Cn2ccnc2)c1. The second-order valence-electron chi connectivity index (χ2n) is 5.40. The molecule has 1 aliphatic rings. The highest BCUT2D eigenvalue weighted by Gasteiger charge is 2.21. The molecule has 0 saturated carbocycles. The Balaban J connectivity index is 1.67. The van der Waals surface area contributed by atoms with E-state index in [0.29, 0.717) is 11.3 Å². The van der Waals surface area contributed by atoms with Crippen LogP contribution in [0.15, 0.2) is 43.0 Å². The Morgan fingerprint density at radius 2 is 2.40 bits per heavy atom. The summed E-state index contributed by atoms with van der Waals surface area (Å²) in [5.41, 5.74) is 2.55. The third-order valence-corrected chi connectivity index (χ3v) is 5.19. The molecule has 0 bridgehead atoms. The second kappa shape index (κ2) is 6.35. The number of anilines is 1. The number of hydrogen-bond donors (Lipinski definition) is 1. The maximum atomic E-state index is 4.09. The van der Waals surface area contributed by atoms with Gasteiger partial charge in [-0.25, -0.2) is 4.98 Å². The highest BCUT2D eigenvalue weighted by atomic mass is 32.2. The van der Waals surface area contributed by atoms with Crippen LogP contribution in [0.25, 0.3) is 0 Å². The minimum Gasteiger partial charge on any atom is -0.381 e. The summed E-state index contributed by atoms with van der Waals surface area (Å²) in [6, 6.07) is 9.33. The number of hydrogen-bond acceptors (Lipinski definition) is 3. The van der Waals surface area contributed by atoms with Gasteiger partial charge in [0.2, 0.25) is 0 Å². The summed E-state index contributed by atoms with van der Waals surface area (Å²) < 4.78 is 2.10. The van der Waals surface area contributed by atoms with Gasteiger partial charge in [0.15, 0.2) is 0 Å². The van der Waals surface area contributed by atoms with Crippen molar-refractivity contribution in [2.45, 2.75) is 37.6 Å². The highest BCUT2D eigenvalue weighted by Crippen LogP contribution is 2.27. The Morgan fingerprint density at radius 3 is 3.20 bits per heavy atom. The molecule has 1 aromatic carbocycles. The van der Waals surface area contributed by atoms with E-state index < -0.39 is 0 Å². The predicted octanol–water partition coefficient (Wildman–Crippen LogP) is 3.63. The highest BCUT2D eigenvalue weighted by molar-refractivity contribution is 8.00. The Bertz CT molecular complexity index is 538. The molecule has 1 saturated heterocycles. The van der Waals surface area contributed by atoms with Crippen molar-refractivity contribution in [2.75, 3.05) is 11.1 Å². The van der Waals surface area contributed by atoms with Gasteiger partial charge in [-0.1, -0.05) is 19.1 Å². The summed E-state index contributed by atoms with van der Waals surface area (Å²) >= 11 is 2.08. The first kappa shape index (κ1) is 13.6. The first-order chi connectivity index (χ1) is 9.81. The number of benzene rings is 1. The molecule has 0 amide bonds.